The molecule has 7 heteroatoms. The number of nitrogens with zero attached hydrogens (tertiary/aromatic N) is 4. The zero-order chi connectivity index (χ0) is 14.8. The van der Waals surface area contributed by atoms with Crippen LogP contribution in [0.4, 0.5) is 0 Å². The molecular formula is C14H14N4O3. The molecule has 0 unspecified atom stereocenters. The third-order valence-corrected chi connectivity index (χ3v) is 3.29. The Bertz CT molecular complexity index is 721. The van der Waals surface area contributed by atoms with Crippen LogP contribution < -0.4 is 4.74 Å². The number of carbonyl (C=O) groups is 1. The predicted molar refractivity (Wildman–Crippen MR) is 74.3 cm³/mol. The first-order valence-electron chi connectivity index (χ1n) is 6.47. The number of tetrazole rings is 1. The van der Waals surface area contributed by atoms with E-state index in [1.165, 1.54) is 7.11 Å². The van der Waals surface area contributed by atoms with E-state index in [1.807, 2.05) is 18.2 Å². The molecule has 0 aliphatic carbocycles. The van der Waals surface area contributed by atoms with Crippen LogP contribution in [0.2, 0.25) is 0 Å². The molecule has 0 N–H and O–H groups in total. The lowest BCUT2D eigenvalue weighted by atomic mass is 10.1. The predicted octanol–water partition coefficient (Wildman–Crippen LogP) is 1.22. The third kappa shape index (κ3) is 2.49. The molecule has 1 aromatic heterocycles. The van der Waals surface area contributed by atoms with E-state index in [2.05, 4.69) is 15.5 Å². The van der Waals surface area contributed by atoms with Crippen molar-refractivity contribution in [3.63, 3.8) is 0 Å². The van der Waals surface area contributed by atoms with E-state index in [9.17, 15) is 4.79 Å². The fraction of sp³-hybridized carbons (Fsp3) is 0.286. The van der Waals surface area contributed by atoms with Crippen molar-refractivity contribution >= 4 is 12.0 Å². The highest BCUT2D eigenvalue weighted by Gasteiger charge is 2.17. The van der Waals surface area contributed by atoms with Gasteiger partial charge in [0.15, 0.2) is 5.82 Å². The summed E-state index contributed by atoms with van der Waals surface area (Å²) in [6.45, 7) is 0.443. The average Bonchev–Trinajstić information content (AvgIpc) is 2.81. The van der Waals surface area contributed by atoms with Crippen LogP contribution in [0.3, 0.4) is 0 Å². The standard InChI is InChI=1S/C14H14N4O3/c1-18-13(15-16-17-18)9-3-4-12-11(7-9)8-10(5-6-21-12)14(19)20-2/h3-4,7-8H,5-6H2,1-2H3. The van der Waals surface area contributed by atoms with Gasteiger partial charge < -0.3 is 9.47 Å². The summed E-state index contributed by atoms with van der Waals surface area (Å²) in [4.78, 5) is 11.7. The van der Waals surface area contributed by atoms with Crippen molar-refractivity contribution in [3.8, 4) is 17.1 Å². The molecule has 0 saturated heterocycles. The maximum absolute atomic E-state index is 11.7. The van der Waals surface area contributed by atoms with E-state index in [0.29, 0.717) is 24.4 Å². The number of hydrogen-bond acceptors (Lipinski definition) is 6. The Morgan fingerprint density at radius 1 is 1.43 bits per heavy atom. The van der Waals surface area contributed by atoms with Gasteiger partial charge in [0, 0.05) is 30.2 Å². The van der Waals surface area contributed by atoms with E-state index in [4.69, 9.17) is 9.47 Å². The minimum absolute atomic E-state index is 0.336. The lowest BCUT2D eigenvalue weighted by Crippen LogP contribution is -2.06. The molecule has 0 atom stereocenters. The lowest BCUT2D eigenvalue weighted by Gasteiger charge is -2.07. The van der Waals surface area contributed by atoms with E-state index in [0.717, 1.165) is 16.9 Å². The summed E-state index contributed by atoms with van der Waals surface area (Å²) in [7, 11) is 3.14. The Labute approximate surface area is 121 Å². The molecule has 1 aliphatic rings. The number of benzene rings is 1. The number of hydrogen-bond donors (Lipinski definition) is 0. The summed E-state index contributed by atoms with van der Waals surface area (Å²) in [5.41, 5.74) is 2.25. The number of esters is 1. The molecule has 0 radical (unpaired) electrons. The van der Waals surface area contributed by atoms with Gasteiger partial charge in [-0.2, -0.15) is 0 Å². The van der Waals surface area contributed by atoms with E-state index in [-0.39, 0.29) is 5.97 Å². The van der Waals surface area contributed by atoms with Gasteiger partial charge in [-0.1, -0.05) is 0 Å². The van der Waals surface area contributed by atoms with Gasteiger partial charge in [0.1, 0.15) is 5.75 Å². The van der Waals surface area contributed by atoms with E-state index >= 15 is 0 Å². The molecule has 2 aromatic rings. The largest absolute Gasteiger partial charge is 0.493 e. The number of aryl methyl sites for hydroxylation is 1. The first-order chi connectivity index (χ1) is 10.2. The van der Waals surface area contributed by atoms with Gasteiger partial charge in [-0.3, -0.25) is 0 Å². The van der Waals surface area contributed by atoms with Crippen LogP contribution in [0, 0.1) is 0 Å². The van der Waals surface area contributed by atoms with Gasteiger partial charge in [0.2, 0.25) is 0 Å². The zero-order valence-corrected chi connectivity index (χ0v) is 11.7. The van der Waals surface area contributed by atoms with Crippen LogP contribution in [0.1, 0.15) is 12.0 Å². The van der Waals surface area contributed by atoms with Crippen LogP contribution in [0.5, 0.6) is 5.75 Å². The molecular weight excluding hydrogens is 272 g/mol. The molecule has 1 aromatic carbocycles. The van der Waals surface area contributed by atoms with Crippen LogP contribution >= 0.6 is 0 Å². The summed E-state index contributed by atoms with van der Waals surface area (Å²) in [6, 6.07) is 5.65. The minimum Gasteiger partial charge on any atom is -0.493 e. The summed E-state index contributed by atoms with van der Waals surface area (Å²) in [6.07, 6.45) is 2.31. The highest BCUT2D eigenvalue weighted by atomic mass is 16.5. The van der Waals surface area contributed by atoms with Gasteiger partial charge >= 0.3 is 5.97 Å². The number of methoxy groups -OCH3 is 1. The number of carbonyl (C=O) groups excluding carboxylic acids is 1. The molecule has 108 valence electrons. The van der Waals surface area contributed by atoms with Gasteiger partial charge in [-0.25, -0.2) is 9.48 Å². The normalized spacial score (nSPS) is 13.7. The lowest BCUT2D eigenvalue weighted by molar-refractivity contribution is -0.136. The van der Waals surface area contributed by atoms with Crippen molar-refractivity contribution in [1.82, 2.24) is 20.2 Å². The first-order valence-corrected chi connectivity index (χ1v) is 6.47. The van der Waals surface area contributed by atoms with Gasteiger partial charge in [-0.05, 0) is 34.7 Å². The molecule has 7 nitrogen and oxygen atoms in total. The fourth-order valence-corrected chi connectivity index (χ4v) is 2.23. The van der Waals surface area contributed by atoms with E-state index in [1.54, 1.807) is 17.8 Å². The molecule has 0 amide bonds. The maximum atomic E-state index is 11.7. The Hall–Kier alpha value is -2.70. The van der Waals surface area contributed by atoms with Gasteiger partial charge in [-0.15, -0.1) is 5.10 Å². The van der Waals surface area contributed by atoms with Crippen LogP contribution in [-0.4, -0.2) is 39.9 Å². The zero-order valence-electron chi connectivity index (χ0n) is 11.7. The molecule has 1 aliphatic heterocycles. The quantitative estimate of drug-likeness (QED) is 0.772. The highest BCUT2D eigenvalue weighted by molar-refractivity contribution is 5.94. The summed E-state index contributed by atoms with van der Waals surface area (Å²) in [5, 5.41) is 11.4. The first kappa shape index (κ1) is 13.3. The van der Waals surface area contributed by atoms with Crippen LogP contribution in [-0.2, 0) is 16.6 Å². The molecule has 0 spiro atoms. The van der Waals surface area contributed by atoms with Crippen molar-refractivity contribution in [2.45, 2.75) is 6.42 Å². The SMILES string of the molecule is COC(=O)C1=Cc2cc(-c3nnnn3C)ccc2OCC1. The fourth-order valence-electron chi connectivity index (χ4n) is 2.23. The topological polar surface area (TPSA) is 79.1 Å². The molecule has 3 rings (SSSR count). The molecule has 0 saturated carbocycles. The number of fused-ring (bicyclic) bond motifs is 1. The minimum atomic E-state index is -0.336. The monoisotopic (exact) mass is 286 g/mol. The van der Waals surface area contributed by atoms with Crippen molar-refractivity contribution in [1.29, 1.82) is 0 Å². The van der Waals surface area contributed by atoms with Crippen molar-refractivity contribution in [3.05, 3.63) is 29.3 Å². The molecule has 21 heavy (non-hydrogen) atoms. The number of rotatable bonds is 2. The van der Waals surface area contributed by atoms with Gasteiger partial charge in [0.05, 0.1) is 13.7 Å². The van der Waals surface area contributed by atoms with Crippen molar-refractivity contribution in [2.24, 2.45) is 7.05 Å². The number of ether oxygens (including phenoxy) is 2. The second-order valence-corrected chi connectivity index (χ2v) is 4.64. The summed E-state index contributed by atoms with van der Waals surface area (Å²) < 4.78 is 12.0. The van der Waals surface area contributed by atoms with Crippen LogP contribution in [0.25, 0.3) is 17.5 Å². The van der Waals surface area contributed by atoms with Crippen molar-refractivity contribution < 1.29 is 14.3 Å². The Kier molecular flexibility index (Phi) is 3.39. The van der Waals surface area contributed by atoms with E-state index < -0.39 is 0 Å². The highest BCUT2D eigenvalue weighted by Crippen LogP contribution is 2.30. The Balaban J connectivity index is 2.06. The molecule has 0 fully saturated rings. The summed E-state index contributed by atoms with van der Waals surface area (Å²) in [5.74, 6) is 1.04. The Morgan fingerprint density at radius 3 is 3.00 bits per heavy atom. The van der Waals surface area contributed by atoms with Crippen LogP contribution in [0.15, 0.2) is 23.8 Å². The molecule has 2 heterocycles. The number of aromatic nitrogens is 4. The second kappa shape index (κ2) is 5.35. The third-order valence-electron chi connectivity index (χ3n) is 3.29. The second-order valence-electron chi connectivity index (χ2n) is 4.64. The smallest absolute Gasteiger partial charge is 0.333 e. The Morgan fingerprint density at radius 2 is 2.29 bits per heavy atom. The molecule has 0 bridgehead atoms. The van der Waals surface area contributed by atoms with Gasteiger partial charge in [0.25, 0.3) is 0 Å². The maximum Gasteiger partial charge on any atom is 0.333 e. The summed E-state index contributed by atoms with van der Waals surface area (Å²) >= 11 is 0. The van der Waals surface area contributed by atoms with Crippen molar-refractivity contribution in [2.75, 3.05) is 13.7 Å². The average molecular weight is 286 g/mol.